The summed E-state index contributed by atoms with van der Waals surface area (Å²) in [5.74, 6) is -0.197. The number of thioether (sulfide) groups is 1. The summed E-state index contributed by atoms with van der Waals surface area (Å²) in [5.41, 5.74) is 0.810. The second-order valence-corrected chi connectivity index (χ2v) is 6.22. The van der Waals surface area contributed by atoms with Crippen LogP contribution in [0.4, 0.5) is 5.69 Å². The number of hydrogen-bond donors (Lipinski definition) is 3. The Morgan fingerprint density at radius 2 is 2.13 bits per heavy atom. The highest BCUT2D eigenvalue weighted by Crippen LogP contribution is 2.25. The fourth-order valence-electron chi connectivity index (χ4n) is 1.80. The number of halogens is 2. The number of nitrogens with one attached hydrogen (secondary N) is 3. The van der Waals surface area contributed by atoms with Gasteiger partial charge in [0.05, 0.1) is 22.1 Å². The van der Waals surface area contributed by atoms with E-state index in [1.54, 1.807) is 18.2 Å². The molecule has 3 N–H and O–H groups in total. The van der Waals surface area contributed by atoms with Crippen molar-refractivity contribution in [3.8, 4) is 0 Å². The molecule has 3 rings (SSSR count). The molecule has 1 amide bonds. The van der Waals surface area contributed by atoms with E-state index in [4.69, 9.17) is 23.2 Å². The molecule has 0 unspecified atom stereocenters. The van der Waals surface area contributed by atoms with Crippen molar-refractivity contribution in [3.63, 3.8) is 0 Å². The van der Waals surface area contributed by atoms with Crippen LogP contribution in [-0.4, -0.2) is 31.6 Å². The topological polar surface area (TPSA) is 104 Å². The molecule has 0 atom stereocenters. The van der Waals surface area contributed by atoms with E-state index in [2.05, 4.69) is 25.3 Å². The van der Waals surface area contributed by atoms with E-state index in [1.165, 1.54) is 6.33 Å². The predicted octanol–water partition coefficient (Wildman–Crippen LogP) is 2.68. The normalized spacial score (nSPS) is 10.9. The zero-order valence-electron chi connectivity index (χ0n) is 11.4. The molecule has 0 aliphatic rings. The highest BCUT2D eigenvalue weighted by atomic mass is 35.5. The maximum atomic E-state index is 11.9. The number of imidazole rings is 1. The van der Waals surface area contributed by atoms with E-state index < -0.39 is 0 Å². The van der Waals surface area contributed by atoms with Gasteiger partial charge in [-0.1, -0.05) is 35.0 Å². The fourth-order valence-corrected chi connectivity index (χ4v) is 2.75. The van der Waals surface area contributed by atoms with Crippen molar-refractivity contribution in [3.05, 3.63) is 44.9 Å². The Hall–Kier alpha value is -2.03. The number of aromatic nitrogens is 4. The first-order valence-electron chi connectivity index (χ1n) is 6.34. The summed E-state index contributed by atoms with van der Waals surface area (Å²) in [4.78, 5) is 37.0. The number of hydrogen-bond acceptors (Lipinski definition) is 5. The summed E-state index contributed by atoms with van der Waals surface area (Å²) < 4.78 is 0. The average Bonchev–Trinajstić information content (AvgIpc) is 2.98. The molecule has 0 spiro atoms. The number of anilines is 1. The van der Waals surface area contributed by atoms with Crippen molar-refractivity contribution in [2.75, 3.05) is 11.1 Å². The number of nitrogens with zero attached hydrogens (tertiary/aromatic N) is 2. The van der Waals surface area contributed by atoms with Crippen LogP contribution in [0.15, 0.2) is 34.5 Å². The summed E-state index contributed by atoms with van der Waals surface area (Å²) in [6.07, 6.45) is 1.39. The van der Waals surface area contributed by atoms with Gasteiger partial charge in [0.25, 0.3) is 5.56 Å². The smallest absolute Gasteiger partial charge is 0.277 e. The maximum absolute atomic E-state index is 11.9. The lowest BCUT2D eigenvalue weighted by Gasteiger charge is -2.06. The van der Waals surface area contributed by atoms with Crippen molar-refractivity contribution >= 4 is 57.7 Å². The predicted molar refractivity (Wildman–Crippen MR) is 90.3 cm³/mol. The molecule has 0 saturated heterocycles. The minimum atomic E-state index is -0.333. The van der Waals surface area contributed by atoms with Crippen LogP contribution in [0.1, 0.15) is 0 Å². The molecule has 1 aromatic carbocycles. The number of rotatable bonds is 4. The molecule has 0 fully saturated rings. The van der Waals surface area contributed by atoms with Gasteiger partial charge in [-0.15, -0.1) is 0 Å². The molecule has 118 valence electrons. The van der Waals surface area contributed by atoms with E-state index in [0.29, 0.717) is 32.1 Å². The first kappa shape index (κ1) is 15.9. The monoisotopic (exact) mass is 369 g/mol. The van der Waals surface area contributed by atoms with Crippen LogP contribution < -0.4 is 10.9 Å². The molecular weight excluding hydrogens is 361 g/mol. The third-order valence-electron chi connectivity index (χ3n) is 2.82. The van der Waals surface area contributed by atoms with Gasteiger partial charge < -0.3 is 10.3 Å². The number of benzene rings is 1. The van der Waals surface area contributed by atoms with Crippen molar-refractivity contribution in [1.29, 1.82) is 0 Å². The highest BCUT2D eigenvalue weighted by molar-refractivity contribution is 7.99. The molecule has 0 aliphatic heterocycles. The Bertz CT molecular complexity index is 940. The van der Waals surface area contributed by atoms with Gasteiger partial charge in [-0.05, 0) is 18.2 Å². The van der Waals surface area contributed by atoms with Gasteiger partial charge >= 0.3 is 0 Å². The summed E-state index contributed by atoms with van der Waals surface area (Å²) in [5, 5.41) is 3.77. The maximum Gasteiger partial charge on any atom is 0.277 e. The van der Waals surface area contributed by atoms with Gasteiger partial charge in [-0.25, -0.2) is 9.97 Å². The number of fused-ring (bicyclic) bond motifs is 1. The van der Waals surface area contributed by atoms with E-state index in [1.807, 2.05) is 0 Å². The lowest BCUT2D eigenvalue weighted by Crippen LogP contribution is -2.15. The van der Waals surface area contributed by atoms with Crippen molar-refractivity contribution in [1.82, 2.24) is 19.9 Å². The highest BCUT2D eigenvalue weighted by Gasteiger charge is 2.09. The summed E-state index contributed by atoms with van der Waals surface area (Å²) in [6, 6.07) is 4.80. The number of amides is 1. The van der Waals surface area contributed by atoms with Gasteiger partial charge in [0.2, 0.25) is 5.91 Å². The lowest BCUT2D eigenvalue weighted by atomic mass is 10.3. The second-order valence-electron chi connectivity index (χ2n) is 4.44. The van der Waals surface area contributed by atoms with Gasteiger partial charge in [-0.3, -0.25) is 14.6 Å². The van der Waals surface area contributed by atoms with E-state index in [9.17, 15) is 9.59 Å². The summed E-state index contributed by atoms with van der Waals surface area (Å²) >= 11 is 12.8. The molecule has 2 heterocycles. The van der Waals surface area contributed by atoms with Crippen LogP contribution in [0, 0.1) is 0 Å². The average molecular weight is 370 g/mol. The number of aromatic amines is 2. The van der Waals surface area contributed by atoms with E-state index in [0.717, 1.165) is 11.8 Å². The molecule has 23 heavy (non-hydrogen) atoms. The largest absolute Gasteiger partial charge is 0.339 e. The molecule has 7 nitrogen and oxygen atoms in total. The van der Waals surface area contributed by atoms with Gasteiger partial charge in [0.15, 0.2) is 16.3 Å². The summed E-state index contributed by atoms with van der Waals surface area (Å²) in [7, 11) is 0. The van der Waals surface area contributed by atoms with Crippen molar-refractivity contribution < 1.29 is 4.79 Å². The Morgan fingerprint density at radius 1 is 1.30 bits per heavy atom. The third kappa shape index (κ3) is 3.66. The minimum absolute atomic E-state index is 0.0686. The van der Waals surface area contributed by atoms with E-state index in [-0.39, 0.29) is 17.2 Å². The van der Waals surface area contributed by atoms with Gasteiger partial charge in [0, 0.05) is 5.69 Å². The molecule has 2 aromatic heterocycles. The zero-order chi connectivity index (χ0) is 16.4. The molecular formula is C13H9Cl2N5O2S. The first-order valence-corrected chi connectivity index (χ1v) is 8.08. The SMILES string of the molecule is O=C(CSc1nc2nc[nH]c2c(=O)[nH]1)Nc1ccc(Cl)c(Cl)c1. The van der Waals surface area contributed by atoms with Crippen molar-refractivity contribution in [2.45, 2.75) is 5.16 Å². The molecule has 10 heteroatoms. The Morgan fingerprint density at radius 3 is 2.91 bits per heavy atom. The molecule has 0 saturated carbocycles. The van der Waals surface area contributed by atoms with Crippen LogP contribution >= 0.6 is 35.0 Å². The van der Waals surface area contributed by atoms with Gasteiger partial charge in [0.1, 0.15) is 0 Å². The number of carbonyl (C=O) groups excluding carboxylic acids is 1. The van der Waals surface area contributed by atoms with Crippen LogP contribution in [0.5, 0.6) is 0 Å². The quantitative estimate of drug-likeness (QED) is 0.484. The number of carbonyl (C=O) groups is 1. The fraction of sp³-hybridized carbons (Fsp3) is 0.0769. The van der Waals surface area contributed by atoms with E-state index >= 15 is 0 Å². The van der Waals surface area contributed by atoms with Crippen molar-refractivity contribution in [2.24, 2.45) is 0 Å². The molecule has 3 aromatic rings. The Kier molecular flexibility index (Phi) is 4.56. The van der Waals surface area contributed by atoms with Crippen LogP contribution in [0.2, 0.25) is 10.0 Å². The minimum Gasteiger partial charge on any atom is -0.339 e. The Balaban J connectivity index is 1.65. The van der Waals surface area contributed by atoms with Gasteiger partial charge in [-0.2, -0.15) is 0 Å². The second kappa shape index (κ2) is 6.61. The van der Waals surface area contributed by atoms with Crippen LogP contribution in [0.25, 0.3) is 11.2 Å². The molecule has 0 bridgehead atoms. The van der Waals surface area contributed by atoms with Crippen LogP contribution in [0.3, 0.4) is 0 Å². The third-order valence-corrected chi connectivity index (χ3v) is 4.43. The first-order chi connectivity index (χ1) is 11.0. The van der Waals surface area contributed by atoms with Crippen LogP contribution in [-0.2, 0) is 4.79 Å². The number of H-pyrrole nitrogens is 2. The lowest BCUT2D eigenvalue weighted by molar-refractivity contribution is -0.113. The summed E-state index contributed by atoms with van der Waals surface area (Å²) in [6.45, 7) is 0. The Labute approximate surface area is 143 Å². The molecule has 0 aliphatic carbocycles. The standard InChI is InChI=1S/C13H9Cl2N5O2S/c14-7-2-1-6(3-8(7)15)18-9(21)4-23-13-19-11-10(12(22)20-13)16-5-17-11/h1-3,5H,4H2,(H,18,21)(H2,16,17,19,20,22). The molecule has 0 radical (unpaired) electrons. The zero-order valence-corrected chi connectivity index (χ0v) is 13.7.